The molecule has 0 radical (unpaired) electrons. The van der Waals surface area contributed by atoms with E-state index in [9.17, 15) is 4.79 Å². The highest BCUT2D eigenvalue weighted by Gasteiger charge is 2.26. The number of methoxy groups -OCH3 is 1. The van der Waals surface area contributed by atoms with Crippen LogP contribution in [0.3, 0.4) is 0 Å². The van der Waals surface area contributed by atoms with Crippen LogP contribution in [0.2, 0.25) is 5.02 Å². The second-order valence-electron chi connectivity index (χ2n) is 6.98. The zero-order chi connectivity index (χ0) is 21.5. The van der Waals surface area contributed by atoms with Gasteiger partial charge in [0.1, 0.15) is 5.76 Å². The van der Waals surface area contributed by atoms with E-state index in [0.29, 0.717) is 27.2 Å². The molecule has 0 aliphatic heterocycles. The Labute approximate surface area is 186 Å². The molecular formula is C23H17ClN2O4S. The van der Waals surface area contributed by atoms with E-state index in [1.54, 1.807) is 36.5 Å². The number of rotatable bonds is 5. The Hall–Kier alpha value is -3.29. The van der Waals surface area contributed by atoms with Crippen molar-refractivity contribution in [3.05, 3.63) is 76.9 Å². The van der Waals surface area contributed by atoms with Crippen LogP contribution in [-0.2, 0) is 6.54 Å². The van der Waals surface area contributed by atoms with Gasteiger partial charge in [0.2, 0.25) is 0 Å². The van der Waals surface area contributed by atoms with Gasteiger partial charge in [-0.3, -0.25) is 9.69 Å². The number of furan rings is 2. The van der Waals surface area contributed by atoms with E-state index in [1.807, 2.05) is 37.3 Å². The van der Waals surface area contributed by atoms with Gasteiger partial charge in [0.25, 0.3) is 5.91 Å². The third-order valence-electron chi connectivity index (χ3n) is 5.05. The van der Waals surface area contributed by atoms with Crippen LogP contribution in [0.4, 0.5) is 5.13 Å². The van der Waals surface area contributed by atoms with Crippen molar-refractivity contribution in [3.8, 4) is 5.75 Å². The normalized spacial score (nSPS) is 11.3. The average Bonchev–Trinajstić information content (AvgIpc) is 3.53. The second kappa shape index (κ2) is 7.76. The summed E-state index contributed by atoms with van der Waals surface area (Å²) in [5.41, 5.74) is 2.18. The molecule has 1 amide bonds. The number of nitrogens with zero attached hydrogens (tertiary/aromatic N) is 2. The summed E-state index contributed by atoms with van der Waals surface area (Å²) in [6, 6.07) is 14.6. The van der Waals surface area contributed by atoms with Gasteiger partial charge in [-0.05, 0) is 48.9 Å². The molecular weight excluding hydrogens is 436 g/mol. The Morgan fingerprint density at radius 3 is 2.87 bits per heavy atom. The summed E-state index contributed by atoms with van der Waals surface area (Å²) in [4.78, 5) is 19.8. The minimum Gasteiger partial charge on any atom is -0.493 e. The molecule has 8 heteroatoms. The number of hydrogen-bond acceptors (Lipinski definition) is 6. The van der Waals surface area contributed by atoms with Crippen molar-refractivity contribution in [2.45, 2.75) is 13.5 Å². The van der Waals surface area contributed by atoms with Gasteiger partial charge in [0, 0.05) is 10.4 Å². The van der Waals surface area contributed by atoms with E-state index in [4.69, 9.17) is 30.2 Å². The largest absolute Gasteiger partial charge is 0.493 e. The maximum absolute atomic E-state index is 13.6. The molecule has 3 heterocycles. The summed E-state index contributed by atoms with van der Waals surface area (Å²) in [6.45, 7) is 2.13. The Morgan fingerprint density at radius 2 is 2.10 bits per heavy atom. The number of ether oxygens (including phenoxy) is 1. The van der Waals surface area contributed by atoms with Crippen LogP contribution in [0.15, 0.2) is 63.6 Å². The van der Waals surface area contributed by atoms with Crippen LogP contribution in [0.25, 0.3) is 21.2 Å². The van der Waals surface area contributed by atoms with Crippen molar-refractivity contribution in [1.82, 2.24) is 4.98 Å². The van der Waals surface area contributed by atoms with Gasteiger partial charge in [0.15, 0.2) is 22.2 Å². The predicted octanol–water partition coefficient (Wildman–Crippen LogP) is 6.45. The molecule has 156 valence electrons. The lowest BCUT2D eigenvalue weighted by Crippen LogP contribution is -2.29. The highest BCUT2D eigenvalue weighted by atomic mass is 35.5. The number of aryl methyl sites for hydroxylation is 1. The van der Waals surface area contributed by atoms with E-state index in [0.717, 1.165) is 21.2 Å². The monoisotopic (exact) mass is 452 g/mol. The van der Waals surface area contributed by atoms with Gasteiger partial charge in [-0.1, -0.05) is 35.1 Å². The number of amides is 1. The molecule has 0 saturated carbocycles. The predicted molar refractivity (Wildman–Crippen MR) is 121 cm³/mol. The summed E-state index contributed by atoms with van der Waals surface area (Å²) in [7, 11) is 1.57. The number of thiazole rings is 1. The first kappa shape index (κ1) is 19.7. The van der Waals surface area contributed by atoms with Crippen LogP contribution >= 0.6 is 22.9 Å². The highest BCUT2D eigenvalue weighted by molar-refractivity contribution is 7.22. The van der Waals surface area contributed by atoms with Gasteiger partial charge in [-0.15, -0.1) is 0 Å². The van der Waals surface area contributed by atoms with Crippen LogP contribution < -0.4 is 9.64 Å². The Morgan fingerprint density at radius 1 is 1.23 bits per heavy atom. The Balaban J connectivity index is 1.61. The van der Waals surface area contributed by atoms with Crippen molar-refractivity contribution in [3.63, 3.8) is 0 Å². The van der Waals surface area contributed by atoms with Gasteiger partial charge in [0.05, 0.1) is 30.1 Å². The van der Waals surface area contributed by atoms with Crippen molar-refractivity contribution >= 4 is 55.2 Å². The number of carbonyl (C=O) groups is 1. The molecule has 0 fully saturated rings. The third-order valence-corrected chi connectivity index (χ3v) is 6.50. The lowest BCUT2D eigenvalue weighted by atomic mass is 10.2. The SMILES string of the molecule is COc1cccc2cc(C(=O)N(Cc3ccco3)c3nc4c(C)c(Cl)ccc4s3)oc12. The van der Waals surface area contributed by atoms with Crippen molar-refractivity contribution in [2.75, 3.05) is 12.0 Å². The van der Waals surface area contributed by atoms with Crippen LogP contribution in [0.1, 0.15) is 21.9 Å². The Kier molecular flexibility index (Phi) is 4.92. The smallest absolute Gasteiger partial charge is 0.296 e. The number of benzene rings is 2. The number of para-hydroxylation sites is 1. The molecule has 0 atom stereocenters. The summed E-state index contributed by atoms with van der Waals surface area (Å²) < 4.78 is 17.7. The van der Waals surface area contributed by atoms with Gasteiger partial charge < -0.3 is 13.6 Å². The van der Waals surface area contributed by atoms with Crippen molar-refractivity contribution in [1.29, 1.82) is 0 Å². The first-order chi connectivity index (χ1) is 15.0. The number of carbonyl (C=O) groups excluding carboxylic acids is 1. The average molecular weight is 453 g/mol. The number of halogens is 1. The van der Waals surface area contributed by atoms with E-state index < -0.39 is 0 Å². The maximum atomic E-state index is 13.6. The molecule has 0 saturated heterocycles. The fourth-order valence-corrected chi connectivity index (χ4v) is 4.60. The quantitative estimate of drug-likeness (QED) is 0.306. The van der Waals surface area contributed by atoms with Crippen LogP contribution in [0.5, 0.6) is 5.75 Å². The highest BCUT2D eigenvalue weighted by Crippen LogP contribution is 2.36. The van der Waals surface area contributed by atoms with Crippen molar-refractivity contribution in [2.24, 2.45) is 0 Å². The lowest BCUT2D eigenvalue weighted by Gasteiger charge is -2.17. The molecule has 0 aliphatic carbocycles. The van der Waals surface area contributed by atoms with Gasteiger partial charge in [-0.2, -0.15) is 0 Å². The summed E-state index contributed by atoms with van der Waals surface area (Å²) in [5, 5.41) is 1.96. The summed E-state index contributed by atoms with van der Waals surface area (Å²) in [5.74, 6) is 1.08. The molecule has 0 N–H and O–H groups in total. The van der Waals surface area contributed by atoms with Crippen LogP contribution in [0, 0.1) is 6.92 Å². The topological polar surface area (TPSA) is 68.7 Å². The number of fused-ring (bicyclic) bond motifs is 2. The fraction of sp³-hybridized carbons (Fsp3) is 0.130. The molecule has 31 heavy (non-hydrogen) atoms. The zero-order valence-corrected chi connectivity index (χ0v) is 18.3. The van der Waals surface area contributed by atoms with Gasteiger partial charge in [-0.25, -0.2) is 4.98 Å². The number of aromatic nitrogens is 1. The number of hydrogen-bond donors (Lipinski definition) is 0. The molecule has 2 aromatic carbocycles. The molecule has 6 nitrogen and oxygen atoms in total. The number of anilines is 1. The second-order valence-corrected chi connectivity index (χ2v) is 8.39. The zero-order valence-electron chi connectivity index (χ0n) is 16.7. The Bertz CT molecular complexity index is 1400. The van der Waals surface area contributed by atoms with Gasteiger partial charge >= 0.3 is 0 Å². The lowest BCUT2D eigenvalue weighted by molar-refractivity contribution is 0.0958. The summed E-state index contributed by atoms with van der Waals surface area (Å²) >= 11 is 7.68. The van der Waals surface area contributed by atoms with Crippen molar-refractivity contribution < 1.29 is 18.4 Å². The van der Waals surface area contributed by atoms with E-state index in [1.165, 1.54) is 11.3 Å². The molecule has 3 aromatic heterocycles. The summed E-state index contributed by atoms with van der Waals surface area (Å²) in [6.07, 6.45) is 1.58. The molecule has 0 aliphatic rings. The molecule has 0 bridgehead atoms. The minimum absolute atomic E-state index is 0.195. The molecule has 5 rings (SSSR count). The van der Waals surface area contributed by atoms with E-state index in [-0.39, 0.29) is 18.2 Å². The molecule has 5 aromatic rings. The first-order valence-corrected chi connectivity index (χ1v) is 10.7. The first-order valence-electron chi connectivity index (χ1n) is 9.51. The minimum atomic E-state index is -0.322. The maximum Gasteiger partial charge on any atom is 0.296 e. The van der Waals surface area contributed by atoms with E-state index >= 15 is 0 Å². The fourth-order valence-electron chi connectivity index (χ4n) is 3.42. The standard InChI is InChI=1S/C23H17ClN2O4S/c1-13-16(24)8-9-19-20(13)25-23(31-19)26(12-15-6-4-10-29-15)22(27)18-11-14-5-3-7-17(28-2)21(14)30-18/h3-11H,12H2,1-2H3. The van der Waals surface area contributed by atoms with Crippen LogP contribution in [-0.4, -0.2) is 18.0 Å². The third kappa shape index (κ3) is 3.45. The molecule has 0 unspecified atom stereocenters. The van der Waals surface area contributed by atoms with E-state index in [2.05, 4.69) is 0 Å². The molecule has 0 spiro atoms.